The van der Waals surface area contributed by atoms with Gasteiger partial charge >= 0.3 is 0 Å². The quantitative estimate of drug-likeness (QED) is 0.709. The van der Waals surface area contributed by atoms with Crippen LogP contribution in [0.1, 0.15) is 43.6 Å². The van der Waals surface area contributed by atoms with Crippen molar-refractivity contribution in [2.24, 2.45) is 7.05 Å². The molecule has 0 amide bonds. The average molecular weight is 340 g/mol. The molecule has 0 radical (unpaired) electrons. The van der Waals surface area contributed by atoms with Gasteiger partial charge in [-0.05, 0) is 36.6 Å². The number of hydrogen-bond acceptors (Lipinski definition) is 4. The molecule has 0 saturated heterocycles. The van der Waals surface area contributed by atoms with Crippen LogP contribution in [-0.4, -0.2) is 32.8 Å². The molecule has 4 nitrogen and oxygen atoms in total. The van der Waals surface area contributed by atoms with Crippen LogP contribution in [-0.2, 0) is 18.9 Å². The van der Waals surface area contributed by atoms with E-state index in [2.05, 4.69) is 55.1 Å². The molecule has 3 aromatic rings. The minimum Gasteiger partial charge on any atom is -0.295 e. The summed E-state index contributed by atoms with van der Waals surface area (Å²) in [6.07, 6.45) is 3.25. The smallest absolute Gasteiger partial charge is 0.0815 e. The largest absolute Gasteiger partial charge is 0.295 e. The number of fused-ring (bicyclic) bond motifs is 2. The topological polar surface area (TPSA) is 34.0 Å². The fourth-order valence-corrected chi connectivity index (χ4v) is 4.55. The molecule has 0 bridgehead atoms. The van der Waals surface area contributed by atoms with Crippen molar-refractivity contribution < 1.29 is 0 Å². The molecule has 1 unspecified atom stereocenters. The van der Waals surface area contributed by atoms with Crippen molar-refractivity contribution in [2.45, 2.75) is 38.6 Å². The fraction of sp³-hybridized carbons (Fsp3) is 0.474. The maximum atomic E-state index is 4.75. The zero-order chi connectivity index (χ0) is 16.9. The summed E-state index contributed by atoms with van der Waals surface area (Å²) in [4.78, 5) is 7.07. The van der Waals surface area contributed by atoms with Crippen molar-refractivity contribution >= 4 is 21.6 Å². The molecule has 24 heavy (non-hydrogen) atoms. The first kappa shape index (κ1) is 15.8. The lowest BCUT2D eigenvalue weighted by Crippen LogP contribution is -2.38. The summed E-state index contributed by atoms with van der Waals surface area (Å²) >= 11 is 1.71. The maximum absolute atomic E-state index is 4.75. The van der Waals surface area contributed by atoms with Gasteiger partial charge in [-0.3, -0.25) is 9.58 Å². The van der Waals surface area contributed by atoms with Gasteiger partial charge in [0.2, 0.25) is 0 Å². The van der Waals surface area contributed by atoms with E-state index in [1.807, 2.05) is 17.2 Å². The average Bonchev–Trinajstić information content (AvgIpc) is 3.13. The summed E-state index contributed by atoms with van der Waals surface area (Å²) < 4.78 is 3.22. The van der Waals surface area contributed by atoms with Crippen LogP contribution >= 0.6 is 11.3 Å². The van der Waals surface area contributed by atoms with E-state index in [9.17, 15) is 0 Å². The zero-order valence-corrected chi connectivity index (χ0v) is 15.6. The molecule has 126 valence electrons. The van der Waals surface area contributed by atoms with Gasteiger partial charge in [-0.2, -0.15) is 5.10 Å². The lowest BCUT2D eigenvalue weighted by Gasteiger charge is -2.34. The third-order valence-electron chi connectivity index (χ3n) is 5.20. The molecule has 5 heteroatoms. The van der Waals surface area contributed by atoms with Crippen molar-refractivity contribution in [1.29, 1.82) is 0 Å². The molecule has 1 aromatic carbocycles. The molecule has 3 heterocycles. The van der Waals surface area contributed by atoms with Gasteiger partial charge < -0.3 is 0 Å². The first-order valence-corrected chi connectivity index (χ1v) is 9.42. The van der Waals surface area contributed by atoms with Gasteiger partial charge in [0.1, 0.15) is 0 Å². The van der Waals surface area contributed by atoms with E-state index in [0.717, 1.165) is 25.0 Å². The predicted octanol–water partition coefficient (Wildman–Crippen LogP) is 3.93. The number of thiazole rings is 1. The normalized spacial score (nSPS) is 19.2. The lowest BCUT2D eigenvalue weighted by atomic mass is 9.87. The van der Waals surface area contributed by atoms with Gasteiger partial charge in [0.25, 0.3) is 0 Å². The summed E-state index contributed by atoms with van der Waals surface area (Å²) in [5.41, 5.74) is 7.11. The summed E-state index contributed by atoms with van der Waals surface area (Å²) in [5, 5.41) is 4.75. The van der Waals surface area contributed by atoms with Crippen LogP contribution < -0.4 is 0 Å². The summed E-state index contributed by atoms with van der Waals surface area (Å²) in [5.74, 6) is 0. The summed E-state index contributed by atoms with van der Waals surface area (Å²) in [6, 6.07) is 7.10. The Morgan fingerprint density at radius 3 is 2.96 bits per heavy atom. The van der Waals surface area contributed by atoms with Crippen LogP contribution in [0.3, 0.4) is 0 Å². The summed E-state index contributed by atoms with van der Waals surface area (Å²) in [7, 11) is 2.02. The molecule has 2 aromatic heterocycles. The molecular weight excluding hydrogens is 316 g/mol. The number of nitrogens with zero attached hydrogens (tertiary/aromatic N) is 4. The highest BCUT2D eigenvalue weighted by Gasteiger charge is 2.34. The second-order valence-corrected chi connectivity index (χ2v) is 8.42. The molecule has 1 atom stereocenters. The first-order chi connectivity index (χ1) is 11.4. The molecule has 4 rings (SSSR count). The molecule has 1 aliphatic heterocycles. The highest BCUT2D eigenvalue weighted by molar-refractivity contribution is 7.16. The van der Waals surface area contributed by atoms with E-state index in [4.69, 9.17) is 5.10 Å². The van der Waals surface area contributed by atoms with Crippen molar-refractivity contribution in [3.8, 4) is 0 Å². The van der Waals surface area contributed by atoms with E-state index in [-0.39, 0.29) is 5.41 Å². The van der Waals surface area contributed by atoms with E-state index in [0.29, 0.717) is 6.04 Å². The number of hydrogen-bond donors (Lipinski definition) is 0. The predicted molar refractivity (Wildman–Crippen MR) is 99.5 cm³/mol. The highest BCUT2D eigenvalue weighted by Crippen LogP contribution is 2.34. The van der Waals surface area contributed by atoms with E-state index in [1.165, 1.54) is 21.5 Å². The number of aryl methyl sites for hydroxylation is 1. The van der Waals surface area contributed by atoms with Crippen LogP contribution in [0, 0.1) is 0 Å². The van der Waals surface area contributed by atoms with Crippen molar-refractivity contribution in [3.63, 3.8) is 0 Å². The maximum Gasteiger partial charge on any atom is 0.0815 e. The second kappa shape index (κ2) is 5.67. The Kier molecular flexibility index (Phi) is 3.73. The third-order valence-corrected chi connectivity index (χ3v) is 6.01. The SMILES string of the molecule is CC(c1ccc2scnc2c1)N1CCc2cn(C)nc2C(C)(C)C1. The van der Waals surface area contributed by atoms with Gasteiger partial charge in [-0.15, -0.1) is 11.3 Å². The Hall–Kier alpha value is -1.72. The molecular formula is C19H24N4S. The van der Waals surface area contributed by atoms with Gasteiger partial charge in [-0.25, -0.2) is 4.98 Å². The number of rotatable bonds is 2. The summed E-state index contributed by atoms with van der Waals surface area (Å²) in [6.45, 7) is 9.03. The van der Waals surface area contributed by atoms with Gasteiger partial charge in [-0.1, -0.05) is 19.9 Å². The van der Waals surface area contributed by atoms with E-state index in [1.54, 1.807) is 11.3 Å². The zero-order valence-electron chi connectivity index (χ0n) is 14.8. The van der Waals surface area contributed by atoms with Crippen LogP contribution in [0.2, 0.25) is 0 Å². The van der Waals surface area contributed by atoms with Crippen LogP contribution in [0.15, 0.2) is 29.9 Å². The molecule has 0 N–H and O–H groups in total. The monoisotopic (exact) mass is 340 g/mol. The second-order valence-electron chi connectivity index (χ2n) is 7.54. The van der Waals surface area contributed by atoms with Crippen LogP contribution in [0.5, 0.6) is 0 Å². The highest BCUT2D eigenvalue weighted by atomic mass is 32.1. The standard InChI is InChI=1S/C19H24N4S/c1-13(14-5-6-17-16(9-14)20-12-24-17)23-8-7-15-10-22(4)21-18(15)19(2,3)11-23/h5-6,9-10,12-13H,7-8,11H2,1-4H3. The third kappa shape index (κ3) is 2.66. The van der Waals surface area contributed by atoms with Crippen molar-refractivity contribution in [1.82, 2.24) is 19.7 Å². The fourth-order valence-electron chi connectivity index (χ4n) is 3.89. The van der Waals surface area contributed by atoms with E-state index >= 15 is 0 Å². The Balaban J connectivity index is 1.63. The molecule has 0 saturated carbocycles. The molecule has 0 fully saturated rings. The van der Waals surface area contributed by atoms with Crippen LogP contribution in [0.25, 0.3) is 10.2 Å². The number of benzene rings is 1. The Bertz CT molecular complexity index is 877. The Labute approximate surface area is 147 Å². The molecule has 1 aliphatic rings. The minimum absolute atomic E-state index is 0.0616. The minimum atomic E-state index is 0.0616. The first-order valence-electron chi connectivity index (χ1n) is 8.54. The van der Waals surface area contributed by atoms with E-state index < -0.39 is 0 Å². The molecule has 0 spiro atoms. The van der Waals surface area contributed by atoms with Gasteiger partial charge in [0, 0.05) is 37.8 Å². The Morgan fingerprint density at radius 1 is 1.29 bits per heavy atom. The van der Waals surface area contributed by atoms with Gasteiger partial charge in [0.15, 0.2) is 0 Å². The van der Waals surface area contributed by atoms with Crippen molar-refractivity contribution in [3.05, 3.63) is 46.7 Å². The Morgan fingerprint density at radius 2 is 2.12 bits per heavy atom. The molecule has 0 aliphatic carbocycles. The number of aromatic nitrogens is 3. The van der Waals surface area contributed by atoms with Crippen molar-refractivity contribution in [2.75, 3.05) is 13.1 Å². The van der Waals surface area contributed by atoms with Gasteiger partial charge in [0.05, 0.1) is 21.4 Å². The lowest BCUT2D eigenvalue weighted by molar-refractivity contribution is 0.180. The van der Waals surface area contributed by atoms with Crippen LogP contribution in [0.4, 0.5) is 0 Å².